The van der Waals surface area contributed by atoms with Crippen LogP contribution in [0.5, 0.6) is 0 Å². The number of anilines is 1. The molecule has 2 N–H and O–H groups in total. The molecule has 0 bridgehead atoms. The lowest BCUT2D eigenvalue weighted by molar-refractivity contribution is -0.138. The molecule has 1 saturated carbocycles. The number of nitrogens with zero attached hydrogens (tertiary/aromatic N) is 1. The van der Waals surface area contributed by atoms with E-state index in [1.807, 2.05) is 4.90 Å². The van der Waals surface area contributed by atoms with Crippen molar-refractivity contribution in [3.63, 3.8) is 0 Å². The highest BCUT2D eigenvalue weighted by atomic mass is 19.1. The Kier molecular flexibility index (Phi) is 5.39. The maximum absolute atomic E-state index is 12.9. The summed E-state index contributed by atoms with van der Waals surface area (Å²) in [7, 11) is 0. The van der Waals surface area contributed by atoms with Gasteiger partial charge in [0.05, 0.1) is 12.0 Å². The van der Waals surface area contributed by atoms with Crippen LogP contribution >= 0.6 is 0 Å². The van der Waals surface area contributed by atoms with Crippen molar-refractivity contribution in [3.8, 4) is 0 Å². The van der Waals surface area contributed by atoms with Crippen molar-refractivity contribution in [1.82, 2.24) is 4.90 Å². The number of piperidine rings is 1. The van der Waals surface area contributed by atoms with Crippen LogP contribution in [0, 0.1) is 5.82 Å². The number of carbonyl (C=O) groups excluding carboxylic acids is 1. The fraction of sp³-hybridized carbons (Fsp3) is 0.632. The quantitative estimate of drug-likeness (QED) is 0.888. The Morgan fingerprint density at radius 2 is 1.79 bits per heavy atom. The van der Waals surface area contributed by atoms with Crippen LogP contribution in [0.1, 0.15) is 51.4 Å². The van der Waals surface area contributed by atoms with Gasteiger partial charge >= 0.3 is 0 Å². The summed E-state index contributed by atoms with van der Waals surface area (Å²) in [6.45, 7) is 1.43. The molecule has 0 unspecified atom stereocenters. The van der Waals surface area contributed by atoms with E-state index in [9.17, 15) is 14.3 Å². The van der Waals surface area contributed by atoms with Crippen LogP contribution in [-0.2, 0) is 4.79 Å². The molecule has 3 rings (SSSR count). The number of benzene rings is 1. The summed E-state index contributed by atoms with van der Waals surface area (Å²) in [6.07, 6.45) is 6.73. The van der Waals surface area contributed by atoms with Crippen molar-refractivity contribution >= 4 is 11.6 Å². The van der Waals surface area contributed by atoms with Gasteiger partial charge in [-0.15, -0.1) is 0 Å². The molecule has 1 aromatic carbocycles. The maximum atomic E-state index is 12.9. The van der Waals surface area contributed by atoms with Gasteiger partial charge in [-0.3, -0.25) is 4.79 Å². The molecule has 1 heterocycles. The first-order valence-electron chi connectivity index (χ1n) is 9.06. The van der Waals surface area contributed by atoms with Crippen molar-refractivity contribution in [1.29, 1.82) is 0 Å². The number of hydrogen-bond acceptors (Lipinski definition) is 3. The van der Waals surface area contributed by atoms with Gasteiger partial charge in [-0.05, 0) is 49.9 Å². The number of carbonyl (C=O) groups is 1. The van der Waals surface area contributed by atoms with Crippen LogP contribution in [0.15, 0.2) is 24.3 Å². The van der Waals surface area contributed by atoms with Crippen molar-refractivity contribution in [2.45, 2.75) is 63.0 Å². The standard InChI is InChI=1S/C19H27FN2O2/c20-15-4-6-16(7-5-15)21-17-8-12-22(13-9-17)18(23)14-19(24)10-2-1-3-11-19/h4-7,17,21,24H,1-3,8-14H2. The zero-order chi connectivity index (χ0) is 17.0. The van der Waals surface area contributed by atoms with Crippen LogP contribution in [0.4, 0.5) is 10.1 Å². The van der Waals surface area contributed by atoms with Gasteiger partial charge in [0.25, 0.3) is 0 Å². The predicted molar refractivity (Wildman–Crippen MR) is 92.3 cm³/mol. The predicted octanol–water partition coefficient (Wildman–Crippen LogP) is 3.31. The lowest BCUT2D eigenvalue weighted by atomic mass is 9.82. The molecular formula is C19H27FN2O2. The molecule has 0 atom stereocenters. The summed E-state index contributed by atoms with van der Waals surface area (Å²) < 4.78 is 12.9. The van der Waals surface area contributed by atoms with Gasteiger partial charge in [0.2, 0.25) is 5.91 Å². The van der Waals surface area contributed by atoms with Gasteiger partial charge in [-0.25, -0.2) is 4.39 Å². The summed E-state index contributed by atoms with van der Waals surface area (Å²) in [5.41, 5.74) is 0.135. The maximum Gasteiger partial charge on any atom is 0.225 e. The first-order chi connectivity index (χ1) is 11.5. The molecule has 1 aliphatic carbocycles. The Hall–Kier alpha value is -1.62. The van der Waals surface area contributed by atoms with Gasteiger partial charge in [0.1, 0.15) is 5.82 Å². The van der Waals surface area contributed by atoms with E-state index in [-0.39, 0.29) is 18.1 Å². The van der Waals surface area contributed by atoms with Crippen molar-refractivity contribution in [3.05, 3.63) is 30.1 Å². The van der Waals surface area contributed by atoms with Gasteiger partial charge < -0.3 is 15.3 Å². The molecule has 0 aromatic heterocycles. The molecule has 5 heteroatoms. The summed E-state index contributed by atoms with van der Waals surface area (Å²) in [5, 5.41) is 14.0. The van der Waals surface area contributed by atoms with Crippen LogP contribution < -0.4 is 5.32 Å². The smallest absolute Gasteiger partial charge is 0.225 e. The first kappa shape index (κ1) is 17.2. The molecule has 0 radical (unpaired) electrons. The minimum atomic E-state index is -0.779. The molecule has 24 heavy (non-hydrogen) atoms. The molecule has 2 aliphatic rings. The van der Waals surface area contributed by atoms with E-state index < -0.39 is 5.60 Å². The number of halogens is 1. The summed E-state index contributed by atoms with van der Waals surface area (Å²) in [6, 6.07) is 6.69. The van der Waals surface area contributed by atoms with Crippen molar-refractivity contribution < 1.29 is 14.3 Å². The third-order valence-corrected chi connectivity index (χ3v) is 5.33. The highest BCUT2D eigenvalue weighted by molar-refractivity contribution is 5.77. The third-order valence-electron chi connectivity index (χ3n) is 5.33. The molecule has 2 fully saturated rings. The zero-order valence-corrected chi connectivity index (χ0v) is 14.1. The van der Waals surface area contributed by atoms with E-state index in [0.717, 1.165) is 50.6 Å². The Morgan fingerprint density at radius 1 is 1.17 bits per heavy atom. The third kappa shape index (κ3) is 4.47. The van der Waals surface area contributed by atoms with Crippen molar-refractivity contribution in [2.24, 2.45) is 0 Å². The van der Waals surface area contributed by atoms with Gasteiger partial charge in [0, 0.05) is 24.8 Å². The van der Waals surface area contributed by atoms with Gasteiger partial charge in [-0.1, -0.05) is 19.3 Å². The van der Waals surface area contributed by atoms with E-state index in [1.54, 1.807) is 12.1 Å². The fourth-order valence-electron chi connectivity index (χ4n) is 3.84. The molecule has 4 nitrogen and oxygen atoms in total. The molecule has 1 aliphatic heterocycles. The number of amides is 1. The lowest BCUT2D eigenvalue weighted by Gasteiger charge is -2.37. The largest absolute Gasteiger partial charge is 0.389 e. The van der Waals surface area contributed by atoms with E-state index in [4.69, 9.17) is 0 Å². The minimum absolute atomic E-state index is 0.0830. The molecule has 0 spiro atoms. The normalized spacial score (nSPS) is 21.5. The molecule has 132 valence electrons. The average molecular weight is 334 g/mol. The number of rotatable bonds is 4. The highest BCUT2D eigenvalue weighted by Crippen LogP contribution is 2.31. The highest BCUT2D eigenvalue weighted by Gasteiger charge is 2.34. The Labute approximate surface area is 143 Å². The van der Waals surface area contributed by atoms with Crippen LogP contribution in [0.25, 0.3) is 0 Å². The summed E-state index contributed by atoms with van der Waals surface area (Å²) in [4.78, 5) is 14.4. The fourth-order valence-corrected chi connectivity index (χ4v) is 3.84. The van der Waals surface area contributed by atoms with E-state index in [2.05, 4.69) is 5.32 Å². The first-order valence-corrected chi connectivity index (χ1v) is 9.06. The van der Waals surface area contributed by atoms with Gasteiger partial charge in [-0.2, -0.15) is 0 Å². The van der Waals surface area contributed by atoms with Crippen molar-refractivity contribution in [2.75, 3.05) is 18.4 Å². The second-order valence-corrected chi connectivity index (χ2v) is 7.27. The SMILES string of the molecule is O=C(CC1(O)CCCCC1)N1CCC(Nc2ccc(F)cc2)CC1. The number of hydrogen-bond donors (Lipinski definition) is 2. The summed E-state index contributed by atoms with van der Waals surface area (Å²) in [5.74, 6) is -0.152. The van der Waals surface area contributed by atoms with Crippen LogP contribution in [0.3, 0.4) is 0 Å². The van der Waals surface area contributed by atoms with Gasteiger partial charge in [0.15, 0.2) is 0 Å². The second-order valence-electron chi connectivity index (χ2n) is 7.27. The second kappa shape index (κ2) is 7.51. The monoisotopic (exact) mass is 334 g/mol. The minimum Gasteiger partial charge on any atom is -0.389 e. The van der Waals surface area contributed by atoms with E-state index >= 15 is 0 Å². The molecule has 1 aromatic rings. The van der Waals surface area contributed by atoms with Crippen LogP contribution in [-0.4, -0.2) is 40.6 Å². The average Bonchev–Trinajstić information content (AvgIpc) is 2.58. The molecule has 1 saturated heterocycles. The zero-order valence-electron chi connectivity index (χ0n) is 14.1. The van der Waals surface area contributed by atoms with E-state index in [1.165, 1.54) is 12.1 Å². The Balaban J connectivity index is 1.46. The Morgan fingerprint density at radius 3 is 2.42 bits per heavy atom. The Bertz CT molecular complexity index is 547. The number of likely N-dealkylation sites (tertiary alicyclic amines) is 1. The van der Waals surface area contributed by atoms with E-state index in [0.29, 0.717) is 19.1 Å². The molecule has 1 amide bonds. The summed E-state index contributed by atoms with van der Waals surface area (Å²) >= 11 is 0. The lowest BCUT2D eigenvalue weighted by Crippen LogP contribution is -2.45. The van der Waals surface area contributed by atoms with Crippen LogP contribution in [0.2, 0.25) is 0 Å². The topological polar surface area (TPSA) is 52.6 Å². The number of nitrogens with one attached hydrogen (secondary N) is 1. The molecular weight excluding hydrogens is 307 g/mol. The number of aliphatic hydroxyl groups is 1.